The fraction of sp³-hybridized carbons (Fsp3) is 0.150. The third kappa shape index (κ3) is 4.96. The van der Waals surface area contributed by atoms with Gasteiger partial charge in [0.2, 0.25) is 0 Å². The number of para-hydroxylation sites is 1. The molecule has 0 saturated carbocycles. The van der Waals surface area contributed by atoms with E-state index in [4.69, 9.17) is 4.74 Å². The molecule has 1 N–H and O–H groups in total. The molecule has 0 saturated heterocycles. The molecule has 27 heavy (non-hydrogen) atoms. The minimum atomic E-state index is -3.61. The number of ether oxygens (including phenoxy) is 1. The maximum atomic E-state index is 13.0. The molecule has 2 aromatic carbocycles. The van der Waals surface area contributed by atoms with Crippen molar-refractivity contribution in [3.8, 4) is 5.75 Å². The molecule has 3 aromatic rings. The van der Waals surface area contributed by atoms with E-state index in [1.54, 1.807) is 53.9 Å². The van der Waals surface area contributed by atoms with Crippen LogP contribution in [0.2, 0.25) is 0 Å². The molecular formula is C20H19NO4S2. The summed E-state index contributed by atoms with van der Waals surface area (Å²) in [6.07, 6.45) is 0. The van der Waals surface area contributed by atoms with Crippen LogP contribution < -0.4 is 10.1 Å². The largest absolute Gasteiger partial charge is 0.484 e. The van der Waals surface area contributed by atoms with E-state index in [-0.39, 0.29) is 23.3 Å². The van der Waals surface area contributed by atoms with Gasteiger partial charge in [0.1, 0.15) is 15.2 Å². The van der Waals surface area contributed by atoms with E-state index in [1.165, 1.54) is 11.3 Å². The molecule has 0 unspecified atom stereocenters. The van der Waals surface area contributed by atoms with Gasteiger partial charge in [-0.3, -0.25) is 4.79 Å². The smallest absolute Gasteiger partial charge is 0.257 e. The molecule has 1 amide bonds. The van der Waals surface area contributed by atoms with E-state index < -0.39 is 15.1 Å². The van der Waals surface area contributed by atoms with Crippen LogP contribution in [0.15, 0.2) is 82.4 Å². The van der Waals surface area contributed by atoms with Crippen molar-refractivity contribution in [1.82, 2.24) is 5.32 Å². The van der Waals surface area contributed by atoms with Crippen LogP contribution in [0.5, 0.6) is 5.75 Å². The molecule has 7 heteroatoms. The molecule has 0 fully saturated rings. The van der Waals surface area contributed by atoms with Crippen LogP contribution in [0.1, 0.15) is 10.8 Å². The van der Waals surface area contributed by atoms with E-state index in [0.717, 1.165) is 0 Å². The Morgan fingerprint density at radius 2 is 1.63 bits per heavy atom. The Morgan fingerprint density at radius 1 is 0.963 bits per heavy atom. The highest BCUT2D eigenvalue weighted by atomic mass is 32.2. The van der Waals surface area contributed by atoms with Crippen molar-refractivity contribution in [2.24, 2.45) is 0 Å². The summed E-state index contributed by atoms with van der Waals surface area (Å²) >= 11 is 1.17. The van der Waals surface area contributed by atoms with Gasteiger partial charge in [0.15, 0.2) is 16.4 Å². The molecule has 3 rings (SSSR count). The lowest BCUT2D eigenvalue weighted by atomic mass is 10.1. The predicted molar refractivity (Wildman–Crippen MR) is 106 cm³/mol. The average Bonchev–Trinajstić information content (AvgIpc) is 3.24. The molecular weight excluding hydrogens is 382 g/mol. The molecule has 140 valence electrons. The standard InChI is InChI=1S/C20H19NO4S2/c22-19(15-25-17-10-5-2-6-11-17)21-14-18(16-8-3-1-4-9-16)27(23,24)20-12-7-13-26-20/h1-13,18H,14-15H2,(H,21,22)/t18-/m0/s1. The number of thiophene rings is 1. The average molecular weight is 402 g/mol. The maximum Gasteiger partial charge on any atom is 0.257 e. The molecule has 0 radical (unpaired) electrons. The highest BCUT2D eigenvalue weighted by Crippen LogP contribution is 2.31. The van der Waals surface area contributed by atoms with Crippen molar-refractivity contribution < 1.29 is 17.9 Å². The number of sulfone groups is 1. The number of carbonyl (C=O) groups is 1. The van der Waals surface area contributed by atoms with Crippen LogP contribution in [0.25, 0.3) is 0 Å². The van der Waals surface area contributed by atoms with Crippen LogP contribution >= 0.6 is 11.3 Å². The van der Waals surface area contributed by atoms with Gasteiger partial charge in [-0.05, 0) is 29.1 Å². The molecule has 0 aliphatic carbocycles. The first-order chi connectivity index (χ1) is 13.1. The normalized spacial score (nSPS) is 12.3. The SMILES string of the molecule is O=C(COc1ccccc1)NC[C@@H](c1ccccc1)S(=O)(=O)c1cccs1. The van der Waals surface area contributed by atoms with E-state index in [0.29, 0.717) is 11.3 Å². The van der Waals surface area contributed by atoms with Gasteiger partial charge >= 0.3 is 0 Å². The van der Waals surface area contributed by atoms with Crippen LogP contribution in [-0.2, 0) is 14.6 Å². The third-order valence-electron chi connectivity index (χ3n) is 3.92. The van der Waals surface area contributed by atoms with E-state index >= 15 is 0 Å². The molecule has 0 spiro atoms. The van der Waals surface area contributed by atoms with Crippen LogP contribution in [-0.4, -0.2) is 27.5 Å². The van der Waals surface area contributed by atoms with Gasteiger partial charge in [0, 0.05) is 6.54 Å². The first kappa shape index (κ1) is 19.1. The summed E-state index contributed by atoms with van der Waals surface area (Å²) in [7, 11) is -3.61. The fourth-order valence-corrected chi connectivity index (χ4v) is 5.43. The summed E-state index contributed by atoms with van der Waals surface area (Å²) in [4.78, 5) is 12.1. The number of hydrogen-bond acceptors (Lipinski definition) is 5. The number of rotatable bonds is 8. The zero-order valence-corrected chi connectivity index (χ0v) is 16.1. The number of nitrogens with one attached hydrogen (secondary N) is 1. The highest BCUT2D eigenvalue weighted by Gasteiger charge is 2.30. The predicted octanol–water partition coefficient (Wildman–Crippen LogP) is 3.46. The van der Waals surface area contributed by atoms with E-state index in [1.807, 2.05) is 24.3 Å². The van der Waals surface area contributed by atoms with Crippen molar-refractivity contribution in [3.05, 3.63) is 83.7 Å². The van der Waals surface area contributed by atoms with E-state index in [9.17, 15) is 13.2 Å². The summed E-state index contributed by atoms with van der Waals surface area (Å²) in [5.41, 5.74) is 0.634. The molecule has 1 heterocycles. The monoisotopic (exact) mass is 401 g/mol. The fourth-order valence-electron chi connectivity index (χ4n) is 2.56. The number of hydrogen-bond donors (Lipinski definition) is 1. The van der Waals surface area contributed by atoms with Crippen molar-refractivity contribution in [2.75, 3.05) is 13.2 Å². The first-order valence-electron chi connectivity index (χ1n) is 8.34. The third-order valence-corrected chi connectivity index (χ3v) is 7.45. The van der Waals surface area contributed by atoms with Crippen molar-refractivity contribution in [1.29, 1.82) is 0 Å². The summed E-state index contributed by atoms with van der Waals surface area (Å²) in [6.45, 7) is -0.203. The van der Waals surface area contributed by atoms with Crippen LogP contribution in [0, 0.1) is 0 Å². The van der Waals surface area contributed by atoms with E-state index in [2.05, 4.69) is 5.32 Å². The highest BCUT2D eigenvalue weighted by molar-refractivity contribution is 7.93. The Morgan fingerprint density at radius 3 is 2.26 bits per heavy atom. The maximum absolute atomic E-state index is 13.0. The van der Waals surface area contributed by atoms with Crippen molar-refractivity contribution in [3.63, 3.8) is 0 Å². The van der Waals surface area contributed by atoms with Gasteiger partial charge in [-0.25, -0.2) is 8.42 Å². The second-order valence-corrected chi connectivity index (χ2v) is 9.09. The number of amides is 1. The lowest BCUT2D eigenvalue weighted by Crippen LogP contribution is -2.34. The van der Waals surface area contributed by atoms with Crippen molar-refractivity contribution >= 4 is 27.1 Å². The second-order valence-electron chi connectivity index (χ2n) is 5.78. The van der Waals surface area contributed by atoms with Crippen LogP contribution in [0.3, 0.4) is 0 Å². The second kappa shape index (κ2) is 8.83. The Hall–Kier alpha value is -2.64. The summed E-state index contributed by atoms with van der Waals surface area (Å²) < 4.78 is 31.7. The Kier molecular flexibility index (Phi) is 6.26. The van der Waals surface area contributed by atoms with Gasteiger partial charge < -0.3 is 10.1 Å². The minimum absolute atomic E-state index is 0.0266. The zero-order chi connectivity index (χ0) is 19.1. The lowest BCUT2D eigenvalue weighted by Gasteiger charge is -2.18. The molecule has 0 aliphatic heterocycles. The van der Waals surface area contributed by atoms with Gasteiger partial charge in [-0.1, -0.05) is 54.6 Å². The Bertz CT molecular complexity index is 956. The number of carbonyl (C=O) groups excluding carboxylic acids is 1. The number of benzene rings is 2. The van der Waals surface area contributed by atoms with Gasteiger partial charge in [0.05, 0.1) is 0 Å². The van der Waals surface area contributed by atoms with Crippen molar-refractivity contribution in [2.45, 2.75) is 9.46 Å². The summed E-state index contributed by atoms with van der Waals surface area (Å²) in [5.74, 6) is 0.208. The van der Waals surface area contributed by atoms with Gasteiger partial charge in [-0.15, -0.1) is 11.3 Å². The molecule has 1 atom stereocenters. The first-order valence-corrected chi connectivity index (χ1v) is 10.8. The summed E-state index contributed by atoms with van der Waals surface area (Å²) in [6, 6.07) is 21.2. The Balaban J connectivity index is 1.70. The van der Waals surface area contributed by atoms with Gasteiger partial charge in [0.25, 0.3) is 5.91 Å². The van der Waals surface area contributed by atoms with Gasteiger partial charge in [-0.2, -0.15) is 0 Å². The topological polar surface area (TPSA) is 72.5 Å². The van der Waals surface area contributed by atoms with Crippen LogP contribution in [0.4, 0.5) is 0 Å². The Labute approximate surface area is 162 Å². The summed E-state index contributed by atoms with van der Waals surface area (Å²) in [5, 5.41) is 3.54. The minimum Gasteiger partial charge on any atom is -0.484 e. The quantitative estimate of drug-likeness (QED) is 0.627. The zero-order valence-electron chi connectivity index (χ0n) is 14.4. The lowest BCUT2D eigenvalue weighted by molar-refractivity contribution is -0.123. The molecule has 0 aliphatic rings. The molecule has 0 bridgehead atoms. The molecule has 5 nitrogen and oxygen atoms in total. The molecule has 1 aromatic heterocycles.